The molecule has 0 saturated carbocycles. The number of hydrogen-bond donors (Lipinski definition) is 1. The number of nitrogens with two attached hydrogens (primary N) is 1. The van der Waals surface area contributed by atoms with Crippen LogP contribution in [0, 0.1) is 6.92 Å². The van der Waals surface area contributed by atoms with E-state index in [2.05, 4.69) is 0 Å². The summed E-state index contributed by atoms with van der Waals surface area (Å²) in [6, 6.07) is 2.27. The fraction of sp³-hybridized carbons (Fsp3) is 0.500. The summed E-state index contributed by atoms with van der Waals surface area (Å²) in [4.78, 5) is 13.2. The van der Waals surface area contributed by atoms with Gasteiger partial charge in [0, 0.05) is 23.2 Å². The topological polar surface area (TPSA) is 46.3 Å². The first-order chi connectivity index (χ1) is 9.70. The largest absolute Gasteiger partial charge is 0.408 e. The number of hydrogen-bond acceptors (Lipinski definition) is 2. The van der Waals surface area contributed by atoms with Gasteiger partial charge >= 0.3 is 6.18 Å². The number of alkyl halides is 3. The molecule has 2 N–H and O–H groups in total. The van der Waals surface area contributed by atoms with Crippen LogP contribution in [0.1, 0.15) is 28.8 Å². The zero-order chi connectivity index (χ0) is 15.8. The molecule has 0 aliphatic carbocycles. The molecule has 3 nitrogen and oxygen atoms in total. The first-order valence-electron chi connectivity index (χ1n) is 6.59. The normalized spacial score (nSPS) is 23.2. The molecule has 0 unspecified atom stereocenters. The molecule has 1 aromatic carbocycles. The summed E-state index contributed by atoms with van der Waals surface area (Å²) in [5.74, 6) is -0.686. The minimum absolute atomic E-state index is 0.103. The Morgan fingerprint density at radius 3 is 2.62 bits per heavy atom. The van der Waals surface area contributed by atoms with Crippen molar-refractivity contribution in [2.75, 3.05) is 6.54 Å². The molecule has 7 heteroatoms. The van der Waals surface area contributed by atoms with Gasteiger partial charge in [0.05, 0.1) is 0 Å². The van der Waals surface area contributed by atoms with Gasteiger partial charge in [-0.15, -0.1) is 0 Å². The zero-order valence-corrected chi connectivity index (χ0v) is 12.2. The van der Waals surface area contributed by atoms with Crippen LogP contribution < -0.4 is 5.73 Å². The van der Waals surface area contributed by atoms with Gasteiger partial charge in [0.1, 0.15) is 6.04 Å². The lowest BCUT2D eigenvalue weighted by Crippen LogP contribution is -2.56. The standard InChI is InChI=1S/C14H16ClF3N2O/c1-8-2-3-9(6-11(8)15)13(21)20-7-10(19)4-5-12(20)14(16,17)18/h2-3,6,10,12H,4-5,7,19H2,1H3/t10-,12-/m0/s1. The van der Waals surface area contributed by atoms with E-state index in [1.807, 2.05) is 0 Å². The van der Waals surface area contributed by atoms with Crippen LogP contribution in [0.5, 0.6) is 0 Å². The van der Waals surface area contributed by atoms with Crippen LogP contribution in [0.25, 0.3) is 0 Å². The lowest BCUT2D eigenvalue weighted by Gasteiger charge is -2.39. The van der Waals surface area contributed by atoms with E-state index in [0.29, 0.717) is 5.02 Å². The Morgan fingerprint density at radius 1 is 1.38 bits per heavy atom. The van der Waals surface area contributed by atoms with E-state index in [9.17, 15) is 18.0 Å². The van der Waals surface area contributed by atoms with Gasteiger partial charge in [-0.3, -0.25) is 4.79 Å². The van der Waals surface area contributed by atoms with E-state index in [1.165, 1.54) is 12.1 Å². The van der Waals surface area contributed by atoms with Gasteiger partial charge in [-0.1, -0.05) is 17.7 Å². The molecule has 1 saturated heterocycles. The molecule has 21 heavy (non-hydrogen) atoms. The SMILES string of the molecule is Cc1ccc(C(=O)N2C[C@@H](N)CC[C@H]2C(F)(F)F)cc1Cl. The van der Waals surface area contributed by atoms with Crippen molar-refractivity contribution in [2.45, 2.75) is 38.0 Å². The third kappa shape index (κ3) is 3.49. The van der Waals surface area contributed by atoms with Crippen LogP contribution in [0.3, 0.4) is 0 Å². The summed E-state index contributed by atoms with van der Waals surface area (Å²) in [5, 5.41) is 0.353. The van der Waals surface area contributed by atoms with Gasteiger partial charge in [0.15, 0.2) is 0 Å². The molecule has 2 rings (SSSR count). The highest BCUT2D eigenvalue weighted by Crippen LogP contribution is 2.32. The molecule has 116 valence electrons. The quantitative estimate of drug-likeness (QED) is 0.864. The molecule has 1 heterocycles. The molecule has 0 radical (unpaired) electrons. The molecule has 2 atom stereocenters. The number of carbonyl (C=O) groups is 1. The number of piperidine rings is 1. The number of amides is 1. The van der Waals surface area contributed by atoms with E-state index in [-0.39, 0.29) is 24.9 Å². The average Bonchev–Trinajstić information content (AvgIpc) is 2.39. The van der Waals surface area contributed by atoms with Gasteiger partial charge < -0.3 is 10.6 Å². The zero-order valence-electron chi connectivity index (χ0n) is 11.5. The Morgan fingerprint density at radius 2 is 2.05 bits per heavy atom. The lowest BCUT2D eigenvalue weighted by atomic mass is 9.97. The molecule has 1 aliphatic rings. The Kier molecular flexibility index (Phi) is 4.49. The van der Waals surface area contributed by atoms with Crippen LogP contribution in [-0.2, 0) is 0 Å². The van der Waals surface area contributed by atoms with E-state index >= 15 is 0 Å². The molecule has 0 bridgehead atoms. The molecule has 1 aromatic rings. The first kappa shape index (κ1) is 16.1. The van der Waals surface area contributed by atoms with E-state index < -0.39 is 24.2 Å². The van der Waals surface area contributed by atoms with Gasteiger partial charge in [0.25, 0.3) is 5.91 Å². The van der Waals surface area contributed by atoms with Crippen molar-refractivity contribution in [1.82, 2.24) is 4.90 Å². The van der Waals surface area contributed by atoms with Crippen LogP contribution >= 0.6 is 11.6 Å². The van der Waals surface area contributed by atoms with E-state index in [1.54, 1.807) is 13.0 Å². The monoisotopic (exact) mass is 320 g/mol. The first-order valence-corrected chi connectivity index (χ1v) is 6.97. The maximum Gasteiger partial charge on any atom is 0.408 e. The summed E-state index contributed by atoms with van der Waals surface area (Å²) in [7, 11) is 0. The third-order valence-corrected chi connectivity index (χ3v) is 4.08. The minimum atomic E-state index is -4.45. The second-order valence-corrected chi connectivity index (χ2v) is 5.72. The second kappa shape index (κ2) is 5.85. The molecular formula is C14H16ClF3N2O. The number of benzene rings is 1. The molecular weight excluding hydrogens is 305 g/mol. The molecule has 0 aromatic heterocycles. The highest BCUT2D eigenvalue weighted by atomic mass is 35.5. The maximum atomic E-state index is 13.1. The van der Waals surface area contributed by atoms with Crippen molar-refractivity contribution in [3.8, 4) is 0 Å². The van der Waals surface area contributed by atoms with Gasteiger partial charge in [0.2, 0.25) is 0 Å². The summed E-state index contributed by atoms with van der Waals surface area (Å²) in [6.07, 6.45) is -4.37. The van der Waals surface area contributed by atoms with Gasteiger partial charge in [-0.05, 0) is 37.5 Å². The Labute approximate surface area is 125 Å². The van der Waals surface area contributed by atoms with Crippen LogP contribution in [0.4, 0.5) is 13.2 Å². The number of nitrogens with zero attached hydrogens (tertiary/aromatic N) is 1. The second-order valence-electron chi connectivity index (χ2n) is 5.32. The lowest BCUT2D eigenvalue weighted by molar-refractivity contribution is -0.184. The number of rotatable bonds is 1. The maximum absolute atomic E-state index is 13.1. The fourth-order valence-electron chi connectivity index (χ4n) is 2.46. The third-order valence-electron chi connectivity index (χ3n) is 3.68. The predicted octanol–water partition coefficient (Wildman–Crippen LogP) is 3.14. The van der Waals surface area contributed by atoms with Crippen molar-refractivity contribution in [3.05, 3.63) is 34.3 Å². The molecule has 1 amide bonds. The van der Waals surface area contributed by atoms with Gasteiger partial charge in [-0.25, -0.2) is 0 Å². The van der Waals surface area contributed by atoms with E-state index in [0.717, 1.165) is 10.5 Å². The number of halogens is 4. The Bertz CT molecular complexity index is 548. The Balaban J connectivity index is 2.31. The molecule has 1 fully saturated rings. The average molecular weight is 321 g/mol. The van der Waals surface area contributed by atoms with Crippen LogP contribution in [0.15, 0.2) is 18.2 Å². The summed E-state index contributed by atoms with van der Waals surface area (Å²) in [5.41, 5.74) is 6.62. The molecule has 0 spiro atoms. The van der Waals surface area contributed by atoms with E-state index in [4.69, 9.17) is 17.3 Å². The van der Waals surface area contributed by atoms with Crippen molar-refractivity contribution < 1.29 is 18.0 Å². The van der Waals surface area contributed by atoms with Crippen molar-refractivity contribution in [2.24, 2.45) is 5.73 Å². The van der Waals surface area contributed by atoms with Crippen LogP contribution in [0.2, 0.25) is 5.02 Å². The highest BCUT2D eigenvalue weighted by Gasteiger charge is 2.47. The van der Waals surface area contributed by atoms with Crippen molar-refractivity contribution in [3.63, 3.8) is 0 Å². The summed E-state index contributed by atoms with van der Waals surface area (Å²) >= 11 is 5.93. The highest BCUT2D eigenvalue weighted by molar-refractivity contribution is 6.31. The summed E-state index contributed by atoms with van der Waals surface area (Å²) < 4.78 is 39.2. The Hall–Kier alpha value is -1.27. The van der Waals surface area contributed by atoms with Gasteiger partial charge in [-0.2, -0.15) is 13.2 Å². The summed E-state index contributed by atoms with van der Waals surface area (Å²) in [6.45, 7) is 1.65. The van der Waals surface area contributed by atoms with Crippen molar-refractivity contribution in [1.29, 1.82) is 0 Å². The molecule has 1 aliphatic heterocycles. The number of carbonyl (C=O) groups excluding carboxylic acids is 1. The fourth-order valence-corrected chi connectivity index (χ4v) is 2.64. The number of aryl methyl sites for hydroxylation is 1. The smallest absolute Gasteiger partial charge is 0.326 e. The van der Waals surface area contributed by atoms with Crippen LogP contribution in [-0.4, -0.2) is 35.6 Å². The number of likely N-dealkylation sites (tertiary alicyclic amines) is 1. The minimum Gasteiger partial charge on any atom is -0.326 e. The van der Waals surface area contributed by atoms with Crippen molar-refractivity contribution >= 4 is 17.5 Å². The predicted molar refractivity (Wildman–Crippen MR) is 74.3 cm³/mol.